The zero-order valence-corrected chi connectivity index (χ0v) is 50.5. The zero-order chi connectivity index (χ0) is 54.2. The summed E-state index contributed by atoms with van der Waals surface area (Å²) < 4.78 is 23.7. The standard InChI is InChI=1S/C65H123N2O6P/c1-6-8-10-12-14-16-18-20-22-23-24-25-26-27-28-29-30-31-32-33-34-35-36-37-38-39-40-41-42-43-45-47-49-51-53-55-57-59-65(69)66-63(62-73-74(70,71)72-61-60-67(3,4)5)64(68)58-56-54-52-50-48-46-44-21-19-17-15-13-11-9-7-2/h19,21,28-29,31-32,48,50,56,58,63-64,68H,6-18,20,22-27,30,33-47,49,51-55,57,59-62H2,1-5H3,(H-,66,69,70,71)/p+1/b21-19+,29-28-,32-31-,50-48+,58-56+. The van der Waals surface area contributed by atoms with Gasteiger partial charge in [0.05, 0.1) is 39.9 Å². The van der Waals surface area contributed by atoms with Crippen molar-refractivity contribution in [1.29, 1.82) is 0 Å². The van der Waals surface area contributed by atoms with Gasteiger partial charge in [0, 0.05) is 6.42 Å². The molecule has 0 aromatic heterocycles. The number of allylic oxidation sites excluding steroid dienone is 9. The number of phosphoric ester groups is 1. The van der Waals surface area contributed by atoms with Crippen LogP contribution in [-0.4, -0.2) is 73.4 Å². The molecule has 3 atom stereocenters. The van der Waals surface area contributed by atoms with Crippen molar-refractivity contribution in [3.05, 3.63) is 60.8 Å². The van der Waals surface area contributed by atoms with E-state index in [4.69, 9.17) is 9.05 Å². The first-order chi connectivity index (χ1) is 36.0. The molecule has 8 nitrogen and oxygen atoms in total. The molecule has 9 heteroatoms. The SMILES string of the molecule is CCCCCCC/C=C/CC/C=C/CC/C=C/C(O)C(COP(=O)(O)OCC[N+](C)(C)C)NC(=O)CCCCCCCCCCCCCCCCCCC/C=C\C/C=C\CCCCCCCCCCCCCCC. The molecule has 0 fully saturated rings. The topological polar surface area (TPSA) is 105 Å². The van der Waals surface area contributed by atoms with Crippen LogP contribution in [0.4, 0.5) is 0 Å². The van der Waals surface area contributed by atoms with Crippen molar-refractivity contribution < 1.29 is 32.9 Å². The number of aliphatic hydroxyl groups is 1. The minimum absolute atomic E-state index is 0.0528. The Hall–Kier alpha value is -1.80. The molecule has 1 amide bonds. The summed E-state index contributed by atoms with van der Waals surface area (Å²) >= 11 is 0. The molecule has 0 aliphatic heterocycles. The van der Waals surface area contributed by atoms with Gasteiger partial charge in [0.15, 0.2) is 0 Å². The molecule has 74 heavy (non-hydrogen) atoms. The molecular formula is C65H124N2O6P+. The van der Waals surface area contributed by atoms with E-state index in [1.807, 2.05) is 27.2 Å². The van der Waals surface area contributed by atoms with Crippen LogP contribution in [0.3, 0.4) is 0 Å². The molecule has 0 saturated carbocycles. The number of phosphoric acid groups is 1. The van der Waals surface area contributed by atoms with Crippen LogP contribution in [0, 0.1) is 0 Å². The number of unbranched alkanes of at least 4 members (excludes halogenated alkanes) is 37. The third-order valence-corrected chi connectivity index (χ3v) is 15.2. The van der Waals surface area contributed by atoms with E-state index in [0.29, 0.717) is 17.4 Å². The van der Waals surface area contributed by atoms with Crippen LogP contribution in [0.1, 0.15) is 296 Å². The van der Waals surface area contributed by atoms with Gasteiger partial charge in [0.1, 0.15) is 13.2 Å². The molecule has 0 radical (unpaired) electrons. The number of carbonyl (C=O) groups is 1. The first-order valence-corrected chi connectivity index (χ1v) is 33.2. The van der Waals surface area contributed by atoms with Gasteiger partial charge in [-0.2, -0.15) is 0 Å². The number of hydrogen-bond donors (Lipinski definition) is 3. The Morgan fingerprint density at radius 1 is 0.459 bits per heavy atom. The highest BCUT2D eigenvalue weighted by atomic mass is 31.2. The van der Waals surface area contributed by atoms with Gasteiger partial charge < -0.3 is 19.8 Å². The summed E-state index contributed by atoms with van der Waals surface area (Å²) in [4.78, 5) is 23.3. The van der Waals surface area contributed by atoms with Crippen LogP contribution >= 0.6 is 7.82 Å². The number of hydrogen-bond acceptors (Lipinski definition) is 5. The molecule has 434 valence electrons. The van der Waals surface area contributed by atoms with E-state index in [0.717, 1.165) is 51.4 Å². The first-order valence-electron chi connectivity index (χ1n) is 31.7. The number of carbonyl (C=O) groups excluding carboxylic acids is 1. The number of rotatable bonds is 58. The molecule has 0 aromatic rings. The van der Waals surface area contributed by atoms with Crippen molar-refractivity contribution in [3.8, 4) is 0 Å². The van der Waals surface area contributed by atoms with Crippen molar-refractivity contribution >= 4 is 13.7 Å². The van der Waals surface area contributed by atoms with E-state index in [-0.39, 0.29) is 19.1 Å². The normalized spacial score (nSPS) is 14.2. The number of nitrogens with one attached hydrogen (secondary N) is 1. The van der Waals surface area contributed by atoms with Gasteiger partial charge in [-0.1, -0.05) is 274 Å². The predicted octanol–water partition coefficient (Wildman–Crippen LogP) is 19.7. The first kappa shape index (κ1) is 72.2. The fourth-order valence-corrected chi connectivity index (χ4v) is 9.96. The van der Waals surface area contributed by atoms with E-state index in [1.54, 1.807) is 6.08 Å². The van der Waals surface area contributed by atoms with Crippen LogP contribution in [0.2, 0.25) is 0 Å². The molecule has 3 unspecified atom stereocenters. The van der Waals surface area contributed by atoms with Crippen LogP contribution in [0.15, 0.2) is 60.8 Å². The van der Waals surface area contributed by atoms with Crippen LogP contribution in [-0.2, 0) is 18.4 Å². The highest BCUT2D eigenvalue weighted by molar-refractivity contribution is 7.47. The van der Waals surface area contributed by atoms with E-state index in [2.05, 4.69) is 67.8 Å². The smallest absolute Gasteiger partial charge is 0.387 e. The number of nitrogens with zero attached hydrogens (tertiary/aromatic N) is 1. The maximum absolute atomic E-state index is 13.0. The summed E-state index contributed by atoms with van der Waals surface area (Å²) in [5, 5.41) is 13.9. The largest absolute Gasteiger partial charge is 0.472 e. The molecule has 0 aliphatic rings. The quantitative estimate of drug-likeness (QED) is 0.0243. The molecule has 0 spiro atoms. The lowest BCUT2D eigenvalue weighted by atomic mass is 10.0. The Labute approximate surface area is 460 Å². The lowest BCUT2D eigenvalue weighted by molar-refractivity contribution is -0.870. The average molecular weight is 1060 g/mol. The summed E-state index contributed by atoms with van der Waals surface area (Å²) in [5.41, 5.74) is 0. The van der Waals surface area contributed by atoms with E-state index in [9.17, 15) is 19.4 Å². The summed E-state index contributed by atoms with van der Waals surface area (Å²) in [6.07, 6.45) is 76.5. The van der Waals surface area contributed by atoms with Gasteiger partial charge in [-0.25, -0.2) is 4.57 Å². The van der Waals surface area contributed by atoms with Gasteiger partial charge in [0.25, 0.3) is 0 Å². The molecule has 0 bridgehead atoms. The second-order valence-corrected chi connectivity index (χ2v) is 24.2. The summed E-state index contributed by atoms with van der Waals surface area (Å²) in [6.45, 7) is 4.79. The Bertz CT molecular complexity index is 1390. The third-order valence-electron chi connectivity index (χ3n) is 14.2. The fraction of sp³-hybridized carbons (Fsp3) is 0.831. The van der Waals surface area contributed by atoms with E-state index in [1.165, 1.54) is 225 Å². The Balaban J connectivity index is 3.99. The number of quaternary nitrogens is 1. The maximum Gasteiger partial charge on any atom is 0.472 e. The average Bonchev–Trinajstić information content (AvgIpc) is 3.36. The van der Waals surface area contributed by atoms with Crippen LogP contribution in [0.25, 0.3) is 0 Å². The van der Waals surface area contributed by atoms with Crippen molar-refractivity contribution in [3.63, 3.8) is 0 Å². The highest BCUT2D eigenvalue weighted by Crippen LogP contribution is 2.43. The Morgan fingerprint density at radius 2 is 0.784 bits per heavy atom. The van der Waals surface area contributed by atoms with E-state index < -0.39 is 20.0 Å². The van der Waals surface area contributed by atoms with E-state index >= 15 is 0 Å². The third kappa shape index (κ3) is 57.9. The van der Waals surface area contributed by atoms with Crippen molar-refractivity contribution in [2.24, 2.45) is 0 Å². The van der Waals surface area contributed by atoms with Crippen molar-refractivity contribution in [2.75, 3.05) is 40.9 Å². The molecule has 0 rings (SSSR count). The monoisotopic (exact) mass is 1060 g/mol. The molecule has 0 saturated heterocycles. The second-order valence-electron chi connectivity index (χ2n) is 22.8. The summed E-state index contributed by atoms with van der Waals surface area (Å²) in [6, 6.07) is -0.871. The lowest BCUT2D eigenvalue weighted by Crippen LogP contribution is -2.45. The minimum atomic E-state index is -4.36. The molecular weight excluding hydrogens is 936 g/mol. The van der Waals surface area contributed by atoms with Gasteiger partial charge in [-0.15, -0.1) is 0 Å². The predicted molar refractivity (Wildman–Crippen MR) is 323 cm³/mol. The molecule has 0 heterocycles. The molecule has 0 aliphatic carbocycles. The fourth-order valence-electron chi connectivity index (χ4n) is 9.22. The number of aliphatic hydroxyl groups excluding tert-OH is 1. The lowest BCUT2D eigenvalue weighted by Gasteiger charge is -2.25. The summed E-state index contributed by atoms with van der Waals surface area (Å²) in [7, 11) is 1.55. The van der Waals surface area contributed by atoms with Crippen molar-refractivity contribution in [1.82, 2.24) is 5.32 Å². The van der Waals surface area contributed by atoms with Gasteiger partial charge in [-0.3, -0.25) is 13.8 Å². The highest BCUT2D eigenvalue weighted by Gasteiger charge is 2.27. The Morgan fingerprint density at radius 3 is 1.16 bits per heavy atom. The van der Waals surface area contributed by atoms with Crippen LogP contribution < -0.4 is 5.32 Å². The molecule has 0 aromatic carbocycles. The number of likely N-dealkylation sites (N-methyl/N-ethyl adjacent to an activating group) is 1. The van der Waals surface area contributed by atoms with Gasteiger partial charge in [0.2, 0.25) is 5.91 Å². The van der Waals surface area contributed by atoms with Gasteiger partial charge >= 0.3 is 7.82 Å². The number of amides is 1. The van der Waals surface area contributed by atoms with Gasteiger partial charge in [-0.05, 0) is 77.0 Å². The summed E-state index contributed by atoms with van der Waals surface area (Å²) in [5.74, 6) is -0.189. The zero-order valence-electron chi connectivity index (χ0n) is 49.6. The minimum Gasteiger partial charge on any atom is -0.387 e. The second kappa shape index (κ2) is 55.9. The molecule has 3 N–H and O–H groups in total. The maximum atomic E-state index is 13.0. The Kier molecular flexibility index (Phi) is 54.6. The van der Waals surface area contributed by atoms with Crippen LogP contribution in [0.5, 0.6) is 0 Å². The van der Waals surface area contributed by atoms with Crippen molar-refractivity contribution in [2.45, 2.75) is 309 Å².